The molecule has 1 aromatic carbocycles. The number of benzene rings is 1. The Labute approximate surface area is 86.3 Å². The second-order valence-corrected chi connectivity index (χ2v) is 3.08. The molecule has 5 heteroatoms. The quantitative estimate of drug-likeness (QED) is 0.759. The van der Waals surface area contributed by atoms with Crippen LogP contribution in [0.5, 0.6) is 0 Å². The first-order valence-corrected chi connectivity index (χ1v) is 4.37. The lowest BCUT2D eigenvalue weighted by Crippen LogP contribution is -2.42. The van der Waals surface area contributed by atoms with Crippen LogP contribution < -0.4 is 11.1 Å². The number of halogens is 1. The van der Waals surface area contributed by atoms with Crippen LogP contribution in [0.2, 0.25) is 0 Å². The van der Waals surface area contributed by atoms with Crippen molar-refractivity contribution >= 4 is 11.8 Å². The van der Waals surface area contributed by atoms with Gasteiger partial charge in [-0.15, -0.1) is 0 Å². The minimum Gasteiger partial charge on any atom is -0.368 e. The van der Waals surface area contributed by atoms with E-state index in [0.29, 0.717) is 0 Å². The summed E-state index contributed by atoms with van der Waals surface area (Å²) in [5.74, 6) is -1.95. The van der Waals surface area contributed by atoms with E-state index in [9.17, 15) is 14.0 Å². The van der Waals surface area contributed by atoms with E-state index >= 15 is 0 Å². The van der Waals surface area contributed by atoms with Gasteiger partial charge in [0.15, 0.2) is 0 Å². The molecular weight excluding hydrogens is 199 g/mol. The van der Waals surface area contributed by atoms with E-state index in [0.717, 1.165) is 0 Å². The van der Waals surface area contributed by atoms with Gasteiger partial charge in [0, 0.05) is 0 Å². The van der Waals surface area contributed by atoms with Crippen molar-refractivity contribution in [2.45, 2.75) is 13.0 Å². The van der Waals surface area contributed by atoms with Crippen molar-refractivity contribution in [1.82, 2.24) is 5.32 Å². The smallest absolute Gasteiger partial charge is 0.254 e. The number of rotatable bonds is 3. The molecule has 0 aliphatic carbocycles. The van der Waals surface area contributed by atoms with Crippen molar-refractivity contribution in [2.24, 2.45) is 5.73 Å². The highest BCUT2D eigenvalue weighted by molar-refractivity contribution is 5.97. The van der Waals surface area contributed by atoms with Crippen molar-refractivity contribution < 1.29 is 14.0 Å². The van der Waals surface area contributed by atoms with Crippen LogP contribution in [0.1, 0.15) is 17.3 Å². The van der Waals surface area contributed by atoms with E-state index in [4.69, 9.17) is 5.73 Å². The first-order chi connectivity index (χ1) is 7.02. The van der Waals surface area contributed by atoms with Gasteiger partial charge >= 0.3 is 0 Å². The summed E-state index contributed by atoms with van der Waals surface area (Å²) in [5, 5.41) is 2.28. The molecule has 1 rings (SSSR count). The van der Waals surface area contributed by atoms with Gasteiger partial charge in [-0.1, -0.05) is 12.1 Å². The van der Waals surface area contributed by atoms with Crippen LogP contribution in [-0.2, 0) is 4.79 Å². The molecule has 3 N–H and O–H groups in total. The molecule has 0 radical (unpaired) electrons. The van der Waals surface area contributed by atoms with E-state index in [1.807, 2.05) is 0 Å². The summed E-state index contributed by atoms with van der Waals surface area (Å²) in [6.07, 6.45) is 0. The van der Waals surface area contributed by atoms with Gasteiger partial charge in [-0.25, -0.2) is 4.39 Å². The lowest BCUT2D eigenvalue weighted by molar-refractivity contribution is -0.119. The van der Waals surface area contributed by atoms with Gasteiger partial charge in [0.1, 0.15) is 11.9 Å². The third kappa shape index (κ3) is 2.77. The number of primary amides is 1. The van der Waals surface area contributed by atoms with Gasteiger partial charge < -0.3 is 11.1 Å². The molecule has 15 heavy (non-hydrogen) atoms. The third-order valence-corrected chi connectivity index (χ3v) is 1.89. The van der Waals surface area contributed by atoms with Crippen molar-refractivity contribution in [2.75, 3.05) is 0 Å². The zero-order valence-corrected chi connectivity index (χ0v) is 8.16. The molecule has 1 unspecified atom stereocenters. The zero-order valence-electron chi connectivity index (χ0n) is 8.16. The first-order valence-electron chi connectivity index (χ1n) is 4.37. The molecule has 0 spiro atoms. The zero-order chi connectivity index (χ0) is 11.4. The Morgan fingerprint density at radius 3 is 2.53 bits per heavy atom. The fourth-order valence-electron chi connectivity index (χ4n) is 0.991. The SMILES string of the molecule is CC(NC(=O)c1ccccc1F)C(N)=O. The summed E-state index contributed by atoms with van der Waals surface area (Å²) in [5.41, 5.74) is 4.85. The van der Waals surface area contributed by atoms with Crippen LogP contribution in [0, 0.1) is 5.82 Å². The monoisotopic (exact) mass is 210 g/mol. The highest BCUT2D eigenvalue weighted by Crippen LogP contribution is 2.05. The molecular formula is C10H11FN2O2. The summed E-state index contributed by atoms with van der Waals surface area (Å²) in [6.45, 7) is 1.43. The molecule has 4 nitrogen and oxygen atoms in total. The third-order valence-electron chi connectivity index (χ3n) is 1.89. The Morgan fingerprint density at radius 1 is 1.40 bits per heavy atom. The molecule has 0 heterocycles. The molecule has 80 valence electrons. The number of carbonyl (C=O) groups excluding carboxylic acids is 2. The second-order valence-electron chi connectivity index (χ2n) is 3.08. The second kappa shape index (κ2) is 4.54. The van der Waals surface area contributed by atoms with Crippen molar-refractivity contribution in [3.8, 4) is 0 Å². The van der Waals surface area contributed by atoms with Gasteiger partial charge in [-0.05, 0) is 19.1 Å². The molecule has 0 bridgehead atoms. The van der Waals surface area contributed by atoms with Gasteiger partial charge in [0.25, 0.3) is 5.91 Å². The van der Waals surface area contributed by atoms with Crippen LogP contribution >= 0.6 is 0 Å². The molecule has 1 aromatic rings. The molecule has 0 aliphatic rings. The summed E-state index contributed by atoms with van der Waals surface area (Å²) in [6, 6.07) is 4.69. The van der Waals surface area contributed by atoms with E-state index in [1.54, 1.807) is 0 Å². The highest BCUT2D eigenvalue weighted by Gasteiger charge is 2.15. The average molecular weight is 210 g/mol. The number of carbonyl (C=O) groups is 2. The number of hydrogen-bond acceptors (Lipinski definition) is 2. The molecule has 0 saturated heterocycles. The number of hydrogen-bond donors (Lipinski definition) is 2. The Morgan fingerprint density at radius 2 is 2.00 bits per heavy atom. The maximum absolute atomic E-state index is 13.1. The predicted molar refractivity (Wildman–Crippen MR) is 52.5 cm³/mol. The molecule has 0 aromatic heterocycles. The largest absolute Gasteiger partial charge is 0.368 e. The van der Waals surface area contributed by atoms with E-state index in [-0.39, 0.29) is 5.56 Å². The van der Waals surface area contributed by atoms with E-state index in [1.165, 1.54) is 31.2 Å². The lowest BCUT2D eigenvalue weighted by Gasteiger charge is -2.10. The fourth-order valence-corrected chi connectivity index (χ4v) is 0.991. The molecule has 0 saturated carbocycles. The first kappa shape index (κ1) is 11.2. The van der Waals surface area contributed by atoms with E-state index in [2.05, 4.69) is 5.32 Å². The van der Waals surface area contributed by atoms with Gasteiger partial charge in [0.05, 0.1) is 5.56 Å². The normalized spacial score (nSPS) is 11.9. The summed E-state index contributed by atoms with van der Waals surface area (Å²) < 4.78 is 13.1. The van der Waals surface area contributed by atoms with Crippen LogP contribution in [0.15, 0.2) is 24.3 Å². The van der Waals surface area contributed by atoms with Gasteiger partial charge in [-0.3, -0.25) is 9.59 Å². The molecule has 0 fully saturated rings. The molecule has 0 aliphatic heterocycles. The Hall–Kier alpha value is -1.91. The minimum absolute atomic E-state index is 0.106. The van der Waals surface area contributed by atoms with Crippen LogP contribution in [0.3, 0.4) is 0 Å². The summed E-state index contributed by atoms with van der Waals surface area (Å²) in [4.78, 5) is 22.1. The number of nitrogens with two attached hydrogens (primary N) is 1. The van der Waals surface area contributed by atoms with Crippen molar-refractivity contribution in [3.63, 3.8) is 0 Å². The summed E-state index contributed by atoms with van der Waals surface area (Å²) in [7, 11) is 0. The maximum Gasteiger partial charge on any atom is 0.254 e. The Kier molecular flexibility index (Phi) is 3.38. The number of amides is 2. The topological polar surface area (TPSA) is 72.2 Å². The lowest BCUT2D eigenvalue weighted by atomic mass is 10.2. The van der Waals surface area contributed by atoms with Crippen LogP contribution in [-0.4, -0.2) is 17.9 Å². The maximum atomic E-state index is 13.1. The summed E-state index contributed by atoms with van der Waals surface area (Å²) >= 11 is 0. The Balaban J connectivity index is 2.78. The van der Waals surface area contributed by atoms with Gasteiger partial charge in [-0.2, -0.15) is 0 Å². The van der Waals surface area contributed by atoms with Gasteiger partial charge in [0.2, 0.25) is 5.91 Å². The predicted octanol–water partition coefficient (Wildman–Crippen LogP) is 0.429. The number of nitrogens with one attached hydrogen (secondary N) is 1. The molecule has 1 atom stereocenters. The minimum atomic E-state index is -0.822. The van der Waals surface area contributed by atoms with Crippen LogP contribution in [0.4, 0.5) is 4.39 Å². The fraction of sp³-hybridized carbons (Fsp3) is 0.200. The Bertz CT molecular complexity index is 393. The average Bonchev–Trinajstić information content (AvgIpc) is 2.18. The molecule has 2 amide bonds. The van der Waals surface area contributed by atoms with Crippen molar-refractivity contribution in [3.05, 3.63) is 35.6 Å². The highest BCUT2D eigenvalue weighted by atomic mass is 19.1. The van der Waals surface area contributed by atoms with E-state index < -0.39 is 23.7 Å². The standard InChI is InChI=1S/C10H11FN2O2/c1-6(9(12)14)13-10(15)7-4-2-3-5-8(7)11/h2-6H,1H3,(H2,12,14)(H,13,15). The van der Waals surface area contributed by atoms with Crippen molar-refractivity contribution in [1.29, 1.82) is 0 Å². The van der Waals surface area contributed by atoms with Crippen LogP contribution in [0.25, 0.3) is 0 Å².